The fourth-order valence-electron chi connectivity index (χ4n) is 0.512. The molecule has 0 fully saturated rings. The van der Waals surface area contributed by atoms with Crippen LogP contribution in [0, 0.1) is 18.3 Å². The maximum Gasteiger partial charge on any atom is -0.00477 e. The summed E-state index contributed by atoms with van der Waals surface area (Å²) in [6.07, 6.45) is 4.49. The van der Waals surface area contributed by atoms with Gasteiger partial charge < -0.3 is 12.3 Å². The van der Waals surface area contributed by atoms with Crippen LogP contribution < -0.4 is 0 Å². The molecule has 48 valence electrons. The van der Waals surface area contributed by atoms with E-state index in [1.807, 2.05) is 0 Å². The van der Waals surface area contributed by atoms with Gasteiger partial charge >= 0.3 is 0 Å². The van der Waals surface area contributed by atoms with Crippen LogP contribution in [0.2, 0.25) is 0 Å². The van der Waals surface area contributed by atoms with Crippen molar-refractivity contribution in [3.63, 3.8) is 0 Å². The van der Waals surface area contributed by atoms with E-state index in [4.69, 9.17) is 5.41 Å². The van der Waals surface area contributed by atoms with Gasteiger partial charge in [0, 0.05) is 0 Å². The molecule has 0 aliphatic heterocycles. The van der Waals surface area contributed by atoms with Crippen LogP contribution in [-0.4, -0.2) is 6.21 Å². The van der Waals surface area contributed by atoms with Gasteiger partial charge in [-0.05, 0) is 19.1 Å². The Morgan fingerprint density at radius 3 is 2.75 bits per heavy atom. The third-order valence-corrected chi connectivity index (χ3v) is 1.30. The Kier molecular flexibility index (Phi) is 4.62. The predicted octanol–water partition coefficient (Wildman–Crippen LogP) is 2.28. The van der Waals surface area contributed by atoms with Gasteiger partial charge in [-0.1, -0.05) is 12.8 Å². The lowest BCUT2D eigenvalue weighted by atomic mass is 10.0. The van der Waals surface area contributed by atoms with Crippen molar-refractivity contribution in [2.24, 2.45) is 5.92 Å². The lowest BCUT2D eigenvalue weighted by Gasteiger charge is -2.07. The molecule has 1 N–H and O–H groups in total. The van der Waals surface area contributed by atoms with Crippen LogP contribution in [0.3, 0.4) is 0 Å². The van der Waals surface area contributed by atoms with E-state index in [0.717, 1.165) is 19.3 Å². The lowest BCUT2D eigenvalue weighted by Crippen LogP contribution is -1.91. The van der Waals surface area contributed by atoms with Crippen molar-refractivity contribution in [1.29, 1.82) is 5.41 Å². The molecule has 1 unspecified atom stereocenters. The number of rotatable bonds is 4. The Hall–Kier alpha value is -0.330. The Labute approximate surface area is 51.6 Å². The average molecular weight is 112 g/mol. The molecule has 8 heavy (non-hydrogen) atoms. The molecule has 1 nitrogen and oxygen atoms in total. The molecule has 0 bridgehead atoms. The molecule has 0 saturated carbocycles. The highest BCUT2D eigenvalue weighted by molar-refractivity contribution is 5.52. The Bertz CT molecular complexity index is 59.4. The smallest absolute Gasteiger partial charge is 0.00477 e. The normalized spacial score (nSPS) is 13.2. The quantitative estimate of drug-likeness (QED) is 0.426. The van der Waals surface area contributed by atoms with Crippen LogP contribution >= 0.6 is 0 Å². The summed E-state index contributed by atoms with van der Waals surface area (Å²) >= 11 is 0. The zero-order valence-electron chi connectivity index (χ0n) is 5.48. The summed E-state index contributed by atoms with van der Waals surface area (Å²) in [4.78, 5) is 0. The van der Waals surface area contributed by atoms with Crippen LogP contribution in [0.25, 0.3) is 0 Å². The third kappa shape index (κ3) is 3.85. The molecule has 0 aliphatic rings. The van der Waals surface area contributed by atoms with E-state index in [-0.39, 0.29) is 0 Å². The van der Waals surface area contributed by atoms with Crippen molar-refractivity contribution in [2.45, 2.75) is 26.2 Å². The molecule has 1 atom stereocenters. The number of nitrogens with one attached hydrogen (secondary N) is 1. The summed E-state index contributed by atoms with van der Waals surface area (Å²) in [5, 5.41) is 6.73. The first-order valence-corrected chi connectivity index (χ1v) is 3.09. The van der Waals surface area contributed by atoms with Gasteiger partial charge in [-0.3, -0.25) is 0 Å². The number of hydrogen-bond donors (Lipinski definition) is 1. The first kappa shape index (κ1) is 7.67. The first-order valence-electron chi connectivity index (χ1n) is 3.09. The Balaban J connectivity index is 2.97. The molecule has 0 amide bonds. The van der Waals surface area contributed by atoms with Crippen LogP contribution in [0.15, 0.2) is 0 Å². The first-order chi connectivity index (χ1) is 3.81. The van der Waals surface area contributed by atoms with E-state index >= 15 is 0 Å². The van der Waals surface area contributed by atoms with Gasteiger partial charge in [0.15, 0.2) is 0 Å². The van der Waals surface area contributed by atoms with E-state index in [1.54, 1.807) is 0 Å². The second-order valence-corrected chi connectivity index (χ2v) is 2.18. The van der Waals surface area contributed by atoms with E-state index in [9.17, 15) is 0 Å². The van der Waals surface area contributed by atoms with Gasteiger partial charge in [0.2, 0.25) is 0 Å². The summed E-state index contributed by atoms with van der Waals surface area (Å²) in [6.45, 7) is 5.93. The SMILES string of the molecule is [CH2-]CC(C)CCC=N. The molecule has 0 aromatic heterocycles. The summed E-state index contributed by atoms with van der Waals surface area (Å²) in [6, 6.07) is 0. The second kappa shape index (κ2) is 4.82. The molecular formula is C7H14N-. The fraction of sp³-hybridized carbons (Fsp3) is 0.714. The van der Waals surface area contributed by atoms with Crippen molar-refractivity contribution in [2.75, 3.05) is 0 Å². The molecule has 0 heterocycles. The van der Waals surface area contributed by atoms with Crippen LogP contribution in [0.1, 0.15) is 26.2 Å². The summed E-state index contributed by atoms with van der Waals surface area (Å²) in [7, 11) is 0. The average Bonchev–Trinajstić information content (AvgIpc) is 1.83. The molecule has 0 rings (SSSR count). The highest BCUT2D eigenvalue weighted by Crippen LogP contribution is 2.06. The molecule has 0 aromatic carbocycles. The minimum atomic E-state index is 0.691. The van der Waals surface area contributed by atoms with Crippen LogP contribution in [0.4, 0.5) is 0 Å². The van der Waals surface area contributed by atoms with E-state index in [2.05, 4.69) is 13.8 Å². The van der Waals surface area contributed by atoms with Gasteiger partial charge in [-0.25, -0.2) is 0 Å². The van der Waals surface area contributed by atoms with Crippen molar-refractivity contribution in [1.82, 2.24) is 0 Å². The second-order valence-electron chi connectivity index (χ2n) is 2.18. The Morgan fingerprint density at radius 2 is 2.38 bits per heavy atom. The highest BCUT2D eigenvalue weighted by Gasteiger charge is 1.90. The Morgan fingerprint density at radius 1 is 1.75 bits per heavy atom. The summed E-state index contributed by atoms with van der Waals surface area (Å²) in [5.41, 5.74) is 0. The van der Waals surface area contributed by atoms with E-state index in [0.29, 0.717) is 5.92 Å². The van der Waals surface area contributed by atoms with Gasteiger partial charge in [0.1, 0.15) is 0 Å². The van der Waals surface area contributed by atoms with Crippen molar-refractivity contribution in [3.05, 3.63) is 6.92 Å². The molecule has 0 radical (unpaired) electrons. The van der Waals surface area contributed by atoms with Crippen LogP contribution in [-0.2, 0) is 0 Å². The molecule has 0 saturated heterocycles. The molecule has 0 aliphatic carbocycles. The predicted molar refractivity (Wildman–Crippen MR) is 37.2 cm³/mol. The summed E-state index contributed by atoms with van der Waals surface area (Å²) < 4.78 is 0. The van der Waals surface area contributed by atoms with E-state index < -0.39 is 0 Å². The zero-order chi connectivity index (χ0) is 6.41. The maximum atomic E-state index is 6.73. The summed E-state index contributed by atoms with van der Waals surface area (Å²) in [5.74, 6) is 0.691. The highest BCUT2D eigenvalue weighted by atomic mass is 14.3. The molecular weight excluding hydrogens is 98.1 g/mol. The largest absolute Gasteiger partial charge is 0.343 e. The molecule has 0 aromatic rings. The molecule has 0 spiro atoms. The minimum absolute atomic E-state index is 0.691. The van der Waals surface area contributed by atoms with Crippen LogP contribution in [0.5, 0.6) is 0 Å². The van der Waals surface area contributed by atoms with Gasteiger partial charge in [0.25, 0.3) is 0 Å². The van der Waals surface area contributed by atoms with Gasteiger partial charge in [-0.2, -0.15) is 6.42 Å². The topological polar surface area (TPSA) is 23.9 Å². The fourth-order valence-corrected chi connectivity index (χ4v) is 0.512. The minimum Gasteiger partial charge on any atom is -0.343 e. The van der Waals surface area contributed by atoms with E-state index in [1.165, 1.54) is 6.21 Å². The number of hydrogen-bond acceptors (Lipinski definition) is 1. The molecule has 1 heteroatoms. The van der Waals surface area contributed by atoms with Crippen molar-refractivity contribution < 1.29 is 0 Å². The van der Waals surface area contributed by atoms with Crippen molar-refractivity contribution in [3.8, 4) is 0 Å². The monoisotopic (exact) mass is 112 g/mol. The van der Waals surface area contributed by atoms with Gasteiger partial charge in [0.05, 0.1) is 0 Å². The third-order valence-electron chi connectivity index (χ3n) is 1.30. The maximum absolute atomic E-state index is 6.73. The zero-order valence-corrected chi connectivity index (χ0v) is 5.48. The standard InChI is InChI=1S/C7H14N/c1-3-7(2)5-4-6-8/h6-8H,1,3-5H2,2H3/q-1. The lowest BCUT2D eigenvalue weighted by molar-refractivity contribution is 0.554. The van der Waals surface area contributed by atoms with Gasteiger partial charge in [-0.15, -0.1) is 0 Å². The van der Waals surface area contributed by atoms with Crippen molar-refractivity contribution >= 4 is 6.21 Å².